The largest absolute Gasteiger partial charge is 0.465 e. The van der Waals surface area contributed by atoms with Gasteiger partial charge in [-0.1, -0.05) is 42.1 Å². The first-order valence-corrected chi connectivity index (χ1v) is 9.35. The number of esters is 1. The van der Waals surface area contributed by atoms with Gasteiger partial charge in [-0.3, -0.25) is 14.5 Å². The zero-order valence-electron chi connectivity index (χ0n) is 16.0. The molecule has 0 saturated heterocycles. The van der Waals surface area contributed by atoms with Crippen molar-refractivity contribution in [1.29, 1.82) is 5.26 Å². The first-order valence-electron chi connectivity index (χ1n) is 8.54. The molecule has 0 aromatic heterocycles. The topological polar surface area (TPSA) is 117 Å². The minimum Gasteiger partial charge on any atom is -0.465 e. The van der Waals surface area contributed by atoms with Crippen molar-refractivity contribution in [3.05, 3.63) is 68.9 Å². The summed E-state index contributed by atoms with van der Waals surface area (Å²) < 4.78 is 4.73. The number of hydrogen-bond acceptors (Lipinski definition) is 7. The maximum absolute atomic E-state index is 13.2. The number of nitriles is 1. The van der Waals surface area contributed by atoms with Gasteiger partial charge < -0.3 is 15.4 Å². The summed E-state index contributed by atoms with van der Waals surface area (Å²) in [6.07, 6.45) is 1.09. The Balaban J connectivity index is 2.33. The normalized spacial score (nSPS) is 18.7. The molecule has 9 heteroatoms. The number of methoxy groups -OCH3 is 1. The van der Waals surface area contributed by atoms with Crippen LogP contribution in [0.4, 0.5) is 0 Å². The van der Waals surface area contributed by atoms with Gasteiger partial charge in [0, 0.05) is 20.2 Å². The van der Waals surface area contributed by atoms with Crippen molar-refractivity contribution >= 4 is 29.5 Å². The fourth-order valence-corrected chi connectivity index (χ4v) is 4.28. The summed E-state index contributed by atoms with van der Waals surface area (Å²) in [6, 6.07) is 11.0. The third kappa shape index (κ3) is 3.39. The van der Waals surface area contributed by atoms with E-state index in [4.69, 9.17) is 10.5 Å². The van der Waals surface area contributed by atoms with Gasteiger partial charge in [0.2, 0.25) is 0 Å². The number of carbonyl (C=O) groups is 3. The Morgan fingerprint density at radius 2 is 1.93 bits per heavy atom. The van der Waals surface area contributed by atoms with E-state index in [1.807, 2.05) is 6.07 Å². The monoisotopic (exact) mass is 410 g/mol. The van der Waals surface area contributed by atoms with Gasteiger partial charge in [0.05, 0.1) is 35.3 Å². The zero-order chi connectivity index (χ0) is 21.3. The molecule has 0 radical (unpaired) electrons. The van der Waals surface area contributed by atoms with Crippen LogP contribution in [-0.4, -0.2) is 48.8 Å². The number of likely N-dealkylation sites (N-methyl/N-ethyl adjacent to an activating group) is 1. The fourth-order valence-electron chi connectivity index (χ4n) is 3.15. The van der Waals surface area contributed by atoms with Gasteiger partial charge in [-0.25, -0.2) is 4.79 Å². The molecule has 1 aromatic rings. The average molecular weight is 410 g/mol. The molecule has 29 heavy (non-hydrogen) atoms. The molecule has 1 aromatic carbocycles. The SMILES string of the molecule is COC(=O)C1=CC(=O)N2C(N)=C(C#N)C(c3ccccc3)C(C(=O)N(C)C)=C2S1. The number of nitrogens with two attached hydrogens (primary N) is 1. The number of fused-ring (bicyclic) bond motifs is 1. The number of thioether (sulfide) groups is 1. The quantitative estimate of drug-likeness (QED) is 0.749. The lowest BCUT2D eigenvalue weighted by atomic mass is 9.82. The van der Waals surface area contributed by atoms with Crippen LogP contribution in [0.5, 0.6) is 0 Å². The second-order valence-electron chi connectivity index (χ2n) is 6.45. The minimum atomic E-state index is -0.778. The molecule has 2 heterocycles. The van der Waals surface area contributed by atoms with Crippen LogP contribution < -0.4 is 5.73 Å². The van der Waals surface area contributed by atoms with Crippen molar-refractivity contribution in [3.8, 4) is 6.07 Å². The van der Waals surface area contributed by atoms with E-state index in [9.17, 15) is 19.6 Å². The molecule has 0 spiro atoms. The van der Waals surface area contributed by atoms with Crippen molar-refractivity contribution in [3.63, 3.8) is 0 Å². The molecule has 1 atom stereocenters. The molecule has 0 saturated carbocycles. The highest BCUT2D eigenvalue weighted by Gasteiger charge is 2.44. The van der Waals surface area contributed by atoms with E-state index in [1.54, 1.807) is 38.4 Å². The van der Waals surface area contributed by atoms with Crippen molar-refractivity contribution < 1.29 is 19.1 Å². The number of benzene rings is 1. The van der Waals surface area contributed by atoms with Gasteiger partial charge in [0.15, 0.2) is 0 Å². The molecule has 8 nitrogen and oxygen atoms in total. The number of rotatable bonds is 3. The highest BCUT2D eigenvalue weighted by atomic mass is 32.2. The Hall–Kier alpha value is -3.51. The number of amides is 2. The summed E-state index contributed by atoms with van der Waals surface area (Å²) >= 11 is 0.921. The van der Waals surface area contributed by atoms with Crippen LogP contribution in [0.15, 0.2) is 63.3 Å². The number of allylic oxidation sites excluding steroid dienone is 1. The van der Waals surface area contributed by atoms with Crippen LogP contribution in [0.1, 0.15) is 11.5 Å². The van der Waals surface area contributed by atoms with Crippen LogP contribution in [0.25, 0.3) is 0 Å². The van der Waals surface area contributed by atoms with Gasteiger partial charge in [-0.2, -0.15) is 5.26 Å². The molecule has 2 amide bonds. The molecule has 0 bridgehead atoms. The first-order chi connectivity index (χ1) is 13.8. The van der Waals surface area contributed by atoms with Crippen molar-refractivity contribution in [2.24, 2.45) is 5.73 Å². The average Bonchev–Trinajstić information content (AvgIpc) is 2.72. The second-order valence-corrected chi connectivity index (χ2v) is 7.48. The lowest BCUT2D eigenvalue weighted by molar-refractivity contribution is -0.135. The van der Waals surface area contributed by atoms with E-state index in [2.05, 4.69) is 6.07 Å². The molecular weight excluding hydrogens is 392 g/mol. The van der Waals surface area contributed by atoms with Gasteiger partial charge in [-0.15, -0.1) is 0 Å². The van der Waals surface area contributed by atoms with Gasteiger partial charge in [-0.05, 0) is 5.56 Å². The molecule has 2 aliphatic rings. The highest BCUT2D eigenvalue weighted by molar-refractivity contribution is 8.07. The lowest BCUT2D eigenvalue weighted by Crippen LogP contribution is -2.42. The Labute approximate surface area is 171 Å². The van der Waals surface area contributed by atoms with Crippen LogP contribution in [-0.2, 0) is 19.1 Å². The fraction of sp³-hybridized carbons (Fsp3) is 0.200. The number of carbonyl (C=O) groups excluding carboxylic acids is 3. The zero-order valence-corrected chi connectivity index (χ0v) is 16.8. The third-order valence-corrected chi connectivity index (χ3v) is 5.59. The van der Waals surface area contributed by atoms with E-state index in [1.165, 1.54) is 12.0 Å². The summed E-state index contributed by atoms with van der Waals surface area (Å²) in [5.41, 5.74) is 7.16. The van der Waals surface area contributed by atoms with Crippen molar-refractivity contribution in [2.75, 3.05) is 21.2 Å². The number of nitrogens with zero attached hydrogens (tertiary/aromatic N) is 3. The van der Waals surface area contributed by atoms with Gasteiger partial charge in [0.25, 0.3) is 11.8 Å². The summed E-state index contributed by atoms with van der Waals surface area (Å²) in [4.78, 5) is 40.5. The summed E-state index contributed by atoms with van der Waals surface area (Å²) in [7, 11) is 4.35. The van der Waals surface area contributed by atoms with Crippen molar-refractivity contribution in [2.45, 2.75) is 5.92 Å². The van der Waals surface area contributed by atoms with Gasteiger partial charge >= 0.3 is 5.97 Å². The van der Waals surface area contributed by atoms with E-state index < -0.39 is 23.7 Å². The maximum Gasteiger partial charge on any atom is 0.344 e. The molecule has 2 aliphatic heterocycles. The molecular formula is C20H18N4O4S. The van der Waals surface area contributed by atoms with E-state index >= 15 is 0 Å². The Kier molecular flexibility index (Phi) is 5.48. The van der Waals surface area contributed by atoms with Crippen LogP contribution in [0, 0.1) is 11.3 Å². The Bertz CT molecular complexity index is 1030. The highest BCUT2D eigenvalue weighted by Crippen LogP contribution is 2.48. The van der Waals surface area contributed by atoms with Crippen LogP contribution in [0.2, 0.25) is 0 Å². The Morgan fingerprint density at radius 3 is 2.48 bits per heavy atom. The molecule has 0 fully saturated rings. The van der Waals surface area contributed by atoms with Crippen LogP contribution >= 0.6 is 11.8 Å². The standard InChI is InChI=1S/C20H18N4O4S/c1-23(2)18(26)16-15(11-7-5-4-6-8-11)12(10-21)17(22)24-14(25)9-13(20(27)28-3)29-19(16)24/h4-9,15H,22H2,1-3H3. The molecule has 148 valence electrons. The lowest BCUT2D eigenvalue weighted by Gasteiger charge is -2.37. The maximum atomic E-state index is 13.2. The Morgan fingerprint density at radius 1 is 1.28 bits per heavy atom. The molecule has 1 unspecified atom stereocenters. The van der Waals surface area contributed by atoms with Gasteiger partial charge in [0.1, 0.15) is 10.7 Å². The summed E-state index contributed by atoms with van der Waals surface area (Å²) in [6.45, 7) is 0. The smallest absolute Gasteiger partial charge is 0.344 e. The number of ether oxygens (including phenoxy) is 1. The first kappa shape index (κ1) is 20.2. The second kappa shape index (κ2) is 7.85. The predicted octanol–water partition coefficient (Wildman–Crippen LogP) is 1.41. The number of hydrogen-bond donors (Lipinski definition) is 1. The van der Waals surface area contributed by atoms with E-state index in [0.29, 0.717) is 5.56 Å². The summed E-state index contributed by atoms with van der Waals surface area (Å²) in [5, 5.41) is 10.0. The summed E-state index contributed by atoms with van der Waals surface area (Å²) in [5.74, 6) is -2.56. The third-order valence-electron chi connectivity index (χ3n) is 4.49. The van der Waals surface area contributed by atoms with Crippen molar-refractivity contribution in [1.82, 2.24) is 9.80 Å². The minimum absolute atomic E-state index is 0.0350. The molecule has 3 rings (SSSR count). The van der Waals surface area contributed by atoms with E-state index in [0.717, 1.165) is 22.7 Å². The molecule has 2 N–H and O–H groups in total. The predicted molar refractivity (Wildman–Crippen MR) is 106 cm³/mol. The van der Waals surface area contributed by atoms with E-state index in [-0.39, 0.29) is 26.9 Å². The van der Waals surface area contributed by atoms with Crippen LogP contribution in [0.3, 0.4) is 0 Å². The molecule has 0 aliphatic carbocycles.